The third-order valence-corrected chi connectivity index (χ3v) is 0.871. The van der Waals surface area contributed by atoms with E-state index in [0.717, 1.165) is 0 Å². The van der Waals surface area contributed by atoms with Crippen molar-refractivity contribution in [1.82, 2.24) is 15.0 Å². The molecule has 1 aromatic rings. The summed E-state index contributed by atoms with van der Waals surface area (Å²) in [5, 5.41) is 0. The average Bonchev–Trinajstić information content (AvgIpc) is 1.59. The van der Waals surface area contributed by atoms with Gasteiger partial charge in [0, 0.05) is 0 Å². The molecule has 10 heavy (non-hydrogen) atoms. The zero-order valence-corrected chi connectivity index (χ0v) is 6.77. The maximum Gasteiger partial charge on any atom is 0.225 e. The molecule has 0 amide bonds. The Labute approximate surface area is 69.3 Å². The number of rotatable bonds is 0. The van der Waals surface area contributed by atoms with Gasteiger partial charge < -0.3 is 11.5 Å². The van der Waals surface area contributed by atoms with E-state index in [1.807, 2.05) is 0 Å². The highest BCUT2D eigenvalue weighted by Crippen LogP contribution is 1.92. The lowest BCUT2D eigenvalue weighted by molar-refractivity contribution is 1.06. The monoisotopic (exact) mass is 177 g/mol. The molecule has 0 unspecified atom stereocenters. The molecule has 5 N–H and O–H groups in total. The van der Waals surface area contributed by atoms with E-state index in [1.165, 1.54) is 0 Å². The van der Waals surface area contributed by atoms with Gasteiger partial charge in [0.25, 0.3) is 0 Å². The molecule has 1 aromatic heterocycles. The molecule has 0 bridgehead atoms. The van der Waals surface area contributed by atoms with Crippen molar-refractivity contribution in [2.24, 2.45) is 0 Å². The van der Waals surface area contributed by atoms with Crippen LogP contribution in [0, 0.1) is 4.77 Å². The van der Waals surface area contributed by atoms with Gasteiger partial charge in [-0.3, -0.25) is 4.98 Å². The quantitative estimate of drug-likeness (QED) is 0.478. The zero-order valence-electron chi connectivity index (χ0n) is 4.96. The summed E-state index contributed by atoms with van der Waals surface area (Å²) < 4.78 is 0.156. The summed E-state index contributed by atoms with van der Waals surface area (Å²) in [6.07, 6.45) is 0. The zero-order chi connectivity index (χ0) is 6.85. The maximum absolute atomic E-state index is 5.21. The van der Waals surface area contributed by atoms with Gasteiger partial charge >= 0.3 is 0 Å². The Kier molecular flexibility index (Phi) is 3.10. The third kappa shape index (κ3) is 2.19. The lowest BCUT2D eigenvalue weighted by Crippen LogP contribution is -2.01. The molecular formula is C3H7N5S2. The molecule has 7 heteroatoms. The standard InChI is InChI=1S/C3H5N5S.H2S/c4-1-6-2(5)8-3(9)7-1;/h(H5,4,5,6,7,8,9);1H2. The van der Waals surface area contributed by atoms with Crippen LogP contribution in [0.4, 0.5) is 11.9 Å². The fraction of sp³-hybridized carbons (Fsp3) is 0. The van der Waals surface area contributed by atoms with Crippen LogP contribution in [0.1, 0.15) is 0 Å². The lowest BCUT2D eigenvalue weighted by atomic mass is 10.9. The summed E-state index contributed by atoms with van der Waals surface area (Å²) in [5.41, 5.74) is 10.4. The van der Waals surface area contributed by atoms with E-state index in [-0.39, 0.29) is 30.2 Å². The number of nitrogens with zero attached hydrogens (tertiary/aromatic N) is 2. The Balaban J connectivity index is 0.000000810. The molecule has 0 atom stereocenters. The number of aromatic amines is 1. The molecule has 0 aliphatic carbocycles. The molecular weight excluding hydrogens is 170 g/mol. The fourth-order valence-corrected chi connectivity index (χ4v) is 0.615. The number of H-pyrrole nitrogens is 1. The normalized spacial score (nSPS) is 8.40. The van der Waals surface area contributed by atoms with Crippen molar-refractivity contribution in [3.63, 3.8) is 0 Å². The van der Waals surface area contributed by atoms with E-state index in [1.54, 1.807) is 0 Å². The highest BCUT2D eigenvalue weighted by atomic mass is 32.1. The number of hydrogen-bond acceptors (Lipinski definition) is 5. The Morgan fingerprint density at radius 2 is 1.60 bits per heavy atom. The van der Waals surface area contributed by atoms with Crippen LogP contribution in [0.15, 0.2) is 0 Å². The third-order valence-electron chi connectivity index (χ3n) is 0.688. The molecule has 1 heterocycles. The molecule has 5 nitrogen and oxygen atoms in total. The molecule has 0 saturated carbocycles. The summed E-state index contributed by atoms with van der Waals surface area (Å²) in [7, 11) is 0. The minimum Gasteiger partial charge on any atom is -0.369 e. The molecule has 0 aliphatic heterocycles. The summed E-state index contributed by atoms with van der Waals surface area (Å²) in [6.45, 7) is 0. The van der Waals surface area contributed by atoms with Crippen LogP contribution in [-0.4, -0.2) is 15.0 Å². The number of anilines is 2. The maximum atomic E-state index is 5.21. The van der Waals surface area contributed by atoms with Crippen LogP contribution < -0.4 is 11.5 Å². The first-order valence-corrected chi connectivity index (χ1v) is 2.58. The van der Waals surface area contributed by atoms with Crippen molar-refractivity contribution in [2.45, 2.75) is 0 Å². The van der Waals surface area contributed by atoms with Crippen LogP contribution in [0.2, 0.25) is 0 Å². The van der Waals surface area contributed by atoms with Crippen LogP contribution in [0.25, 0.3) is 0 Å². The largest absolute Gasteiger partial charge is 0.369 e. The predicted molar refractivity (Wildman–Crippen MR) is 46.4 cm³/mol. The predicted octanol–water partition coefficient (Wildman–Crippen LogP) is -0.189. The molecule has 56 valence electrons. The number of hydrogen-bond donors (Lipinski definition) is 3. The summed E-state index contributed by atoms with van der Waals surface area (Å²) >= 11 is 4.58. The lowest BCUT2D eigenvalue weighted by Gasteiger charge is -1.92. The van der Waals surface area contributed by atoms with Gasteiger partial charge in [-0.05, 0) is 12.2 Å². The molecule has 0 spiro atoms. The van der Waals surface area contributed by atoms with Gasteiger partial charge in [0.15, 0.2) is 0 Å². The summed E-state index contributed by atoms with van der Waals surface area (Å²) in [5.74, 6) is 0.375. The van der Waals surface area contributed by atoms with E-state index in [2.05, 4.69) is 27.2 Å². The first-order chi connectivity index (χ1) is 4.18. The van der Waals surface area contributed by atoms with E-state index in [9.17, 15) is 0 Å². The van der Waals surface area contributed by atoms with Crippen molar-refractivity contribution in [2.75, 3.05) is 11.5 Å². The van der Waals surface area contributed by atoms with Crippen LogP contribution in [-0.2, 0) is 0 Å². The molecule has 0 radical (unpaired) electrons. The van der Waals surface area contributed by atoms with Gasteiger partial charge in [0.05, 0.1) is 0 Å². The van der Waals surface area contributed by atoms with Crippen molar-refractivity contribution < 1.29 is 0 Å². The first kappa shape index (κ1) is 9.18. The van der Waals surface area contributed by atoms with Crippen LogP contribution >= 0.6 is 25.7 Å². The van der Waals surface area contributed by atoms with E-state index >= 15 is 0 Å². The van der Waals surface area contributed by atoms with Crippen molar-refractivity contribution in [3.8, 4) is 0 Å². The van der Waals surface area contributed by atoms with Crippen LogP contribution in [0.5, 0.6) is 0 Å². The van der Waals surface area contributed by atoms with Crippen molar-refractivity contribution in [3.05, 3.63) is 4.77 Å². The number of aromatic nitrogens is 3. The van der Waals surface area contributed by atoms with Crippen molar-refractivity contribution >= 4 is 37.6 Å². The molecule has 0 saturated heterocycles. The molecule has 0 aliphatic rings. The topological polar surface area (TPSA) is 93.6 Å². The van der Waals surface area contributed by atoms with Crippen LogP contribution in [0.3, 0.4) is 0 Å². The Bertz CT molecular complexity index is 245. The van der Waals surface area contributed by atoms with E-state index in [0.29, 0.717) is 0 Å². The smallest absolute Gasteiger partial charge is 0.225 e. The summed E-state index contributed by atoms with van der Waals surface area (Å²) in [6, 6.07) is 0. The van der Waals surface area contributed by atoms with Gasteiger partial charge in [-0.15, -0.1) is 0 Å². The van der Waals surface area contributed by atoms with Gasteiger partial charge in [0.1, 0.15) is 0 Å². The Morgan fingerprint density at radius 3 is 1.90 bits per heavy atom. The second kappa shape index (κ2) is 3.37. The highest BCUT2D eigenvalue weighted by Gasteiger charge is 1.88. The highest BCUT2D eigenvalue weighted by molar-refractivity contribution is 7.71. The first-order valence-electron chi connectivity index (χ1n) is 2.18. The fourth-order valence-electron chi connectivity index (χ4n) is 0.418. The minimum atomic E-state index is 0. The molecule has 1 rings (SSSR count). The summed E-state index contributed by atoms with van der Waals surface area (Å²) in [4.78, 5) is 9.64. The second-order valence-electron chi connectivity index (χ2n) is 1.40. The SMILES string of the molecule is Nc1nc(=S)nc(N)[nH]1.S. The second-order valence-corrected chi connectivity index (χ2v) is 1.77. The Morgan fingerprint density at radius 1 is 1.20 bits per heavy atom. The van der Waals surface area contributed by atoms with Gasteiger partial charge in [0.2, 0.25) is 16.7 Å². The van der Waals surface area contributed by atoms with Crippen molar-refractivity contribution in [1.29, 1.82) is 0 Å². The number of nitrogen functional groups attached to an aromatic ring is 2. The number of nitrogens with two attached hydrogens (primary N) is 2. The van der Waals surface area contributed by atoms with Gasteiger partial charge in [-0.2, -0.15) is 23.5 Å². The minimum absolute atomic E-state index is 0. The van der Waals surface area contributed by atoms with Gasteiger partial charge in [-0.1, -0.05) is 0 Å². The Hall–Kier alpha value is -0.820. The van der Waals surface area contributed by atoms with E-state index in [4.69, 9.17) is 11.5 Å². The number of nitrogens with one attached hydrogen (secondary N) is 1. The molecule has 0 aromatic carbocycles. The van der Waals surface area contributed by atoms with E-state index < -0.39 is 0 Å². The average molecular weight is 177 g/mol. The molecule has 0 fully saturated rings. The van der Waals surface area contributed by atoms with Gasteiger partial charge in [-0.25, -0.2) is 0 Å².